The summed E-state index contributed by atoms with van der Waals surface area (Å²) in [6.45, 7) is 4.02. The van der Waals surface area contributed by atoms with Gasteiger partial charge in [0.05, 0.1) is 4.88 Å². The van der Waals surface area contributed by atoms with Gasteiger partial charge in [-0.3, -0.25) is 4.79 Å². The highest BCUT2D eigenvalue weighted by atomic mass is 127. The van der Waals surface area contributed by atoms with E-state index in [1.165, 1.54) is 4.88 Å². The van der Waals surface area contributed by atoms with Crippen LogP contribution >= 0.6 is 33.9 Å². The van der Waals surface area contributed by atoms with E-state index in [0.717, 1.165) is 19.6 Å². The van der Waals surface area contributed by atoms with Gasteiger partial charge in [-0.1, -0.05) is 12.1 Å². The van der Waals surface area contributed by atoms with Gasteiger partial charge in [0, 0.05) is 14.0 Å². The second-order valence-electron chi connectivity index (χ2n) is 3.71. The fourth-order valence-corrected chi connectivity index (χ4v) is 3.16. The number of halogens is 1. The van der Waals surface area contributed by atoms with E-state index in [4.69, 9.17) is 0 Å². The molecule has 2 rings (SSSR count). The van der Waals surface area contributed by atoms with Crippen molar-refractivity contribution in [1.29, 1.82) is 0 Å². The molecule has 2 aromatic rings. The van der Waals surface area contributed by atoms with Crippen LogP contribution in [-0.4, -0.2) is 5.78 Å². The standard InChI is InChI=1S/C13H11IOS/c1-8-6-9(2)16-13(8)12(15)10-4-3-5-11(14)7-10/h3-7H,1-2H3. The third-order valence-electron chi connectivity index (χ3n) is 2.33. The summed E-state index contributed by atoms with van der Waals surface area (Å²) in [5.41, 5.74) is 1.85. The highest BCUT2D eigenvalue weighted by Crippen LogP contribution is 2.24. The van der Waals surface area contributed by atoms with E-state index in [-0.39, 0.29) is 5.78 Å². The summed E-state index contributed by atoms with van der Waals surface area (Å²) in [7, 11) is 0. The van der Waals surface area contributed by atoms with Crippen LogP contribution in [0.1, 0.15) is 25.7 Å². The van der Waals surface area contributed by atoms with Crippen LogP contribution < -0.4 is 0 Å². The summed E-state index contributed by atoms with van der Waals surface area (Å²) in [6, 6.07) is 9.77. The van der Waals surface area contributed by atoms with Gasteiger partial charge in [0.15, 0.2) is 0 Å². The van der Waals surface area contributed by atoms with Crippen molar-refractivity contribution in [2.45, 2.75) is 13.8 Å². The molecule has 1 nitrogen and oxygen atoms in total. The van der Waals surface area contributed by atoms with Crippen molar-refractivity contribution in [3.05, 3.63) is 54.8 Å². The Morgan fingerprint density at radius 3 is 2.56 bits per heavy atom. The minimum Gasteiger partial charge on any atom is -0.288 e. The quantitative estimate of drug-likeness (QED) is 0.591. The summed E-state index contributed by atoms with van der Waals surface area (Å²) >= 11 is 3.79. The van der Waals surface area contributed by atoms with Crippen LogP contribution in [0.25, 0.3) is 0 Å². The Balaban J connectivity index is 2.43. The lowest BCUT2D eigenvalue weighted by atomic mass is 10.1. The van der Waals surface area contributed by atoms with Gasteiger partial charge in [-0.25, -0.2) is 0 Å². The zero-order chi connectivity index (χ0) is 11.7. The minimum atomic E-state index is 0.133. The highest BCUT2D eigenvalue weighted by Gasteiger charge is 2.14. The zero-order valence-corrected chi connectivity index (χ0v) is 12.1. The van der Waals surface area contributed by atoms with Crippen LogP contribution in [0, 0.1) is 17.4 Å². The Morgan fingerprint density at radius 2 is 2.00 bits per heavy atom. The van der Waals surface area contributed by atoms with Crippen molar-refractivity contribution in [3.63, 3.8) is 0 Å². The molecule has 3 heteroatoms. The average Bonchev–Trinajstić information content (AvgIpc) is 2.57. The molecule has 16 heavy (non-hydrogen) atoms. The fraction of sp³-hybridized carbons (Fsp3) is 0.154. The summed E-state index contributed by atoms with van der Waals surface area (Å²) in [5.74, 6) is 0.133. The number of aryl methyl sites for hydroxylation is 2. The molecule has 0 unspecified atom stereocenters. The predicted molar refractivity (Wildman–Crippen MR) is 76.4 cm³/mol. The first-order chi connectivity index (χ1) is 7.58. The first-order valence-corrected chi connectivity index (χ1v) is 6.85. The molecule has 0 saturated carbocycles. The van der Waals surface area contributed by atoms with Crippen molar-refractivity contribution in [2.75, 3.05) is 0 Å². The summed E-state index contributed by atoms with van der Waals surface area (Å²) in [5, 5.41) is 0. The number of thiophene rings is 1. The summed E-state index contributed by atoms with van der Waals surface area (Å²) in [6.07, 6.45) is 0. The lowest BCUT2D eigenvalue weighted by molar-refractivity contribution is 0.104. The van der Waals surface area contributed by atoms with Crippen LogP contribution in [0.3, 0.4) is 0 Å². The lowest BCUT2D eigenvalue weighted by Crippen LogP contribution is -2.00. The van der Waals surface area contributed by atoms with E-state index in [9.17, 15) is 4.79 Å². The Labute approximate surface area is 113 Å². The van der Waals surface area contributed by atoms with Crippen LogP contribution in [0.2, 0.25) is 0 Å². The number of hydrogen-bond donors (Lipinski definition) is 0. The normalized spacial score (nSPS) is 10.4. The third kappa shape index (κ3) is 2.35. The van der Waals surface area contributed by atoms with E-state index in [0.29, 0.717) is 0 Å². The molecule has 0 fully saturated rings. The maximum absolute atomic E-state index is 12.2. The van der Waals surface area contributed by atoms with E-state index in [1.54, 1.807) is 11.3 Å². The molecular formula is C13H11IOS. The van der Waals surface area contributed by atoms with Crippen molar-refractivity contribution < 1.29 is 4.79 Å². The highest BCUT2D eigenvalue weighted by molar-refractivity contribution is 14.1. The number of carbonyl (C=O) groups is 1. The molecule has 0 aliphatic heterocycles. The molecule has 0 N–H and O–H groups in total. The zero-order valence-electron chi connectivity index (χ0n) is 9.08. The molecule has 0 saturated heterocycles. The molecule has 0 spiro atoms. The van der Waals surface area contributed by atoms with Gasteiger partial charge >= 0.3 is 0 Å². The summed E-state index contributed by atoms with van der Waals surface area (Å²) < 4.78 is 1.09. The van der Waals surface area contributed by atoms with Crippen molar-refractivity contribution in [1.82, 2.24) is 0 Å². The number of carbonyl (C=O) groups excluding carboxylic acids is 1. The van der Waals surface area contributed by atoms with Crippen LogP contribution in [0.5, 0.6) is 0 Å². The molecule has 0 aliphatic rings. The molecular weight excluding hydrogens is 331 g/mol. The van der Waals surface area contributed by atoms with Crippen molar-refractivity contribution >= 4 is 39.7 Å². The van der Waals surface area contributed by atoms with E-state index in [1.807, 2.05) is 38.1 Å². The number of hydrogen-bond acceptors (Lipinski definition) is 2. The molecule has 1 heterocycles. The second kappa shape index (κ2) is 4.67. The van der Waals surface area contributed by atoms with Gasteiger partial charge in [0.1, 0.15) is 0 Å². The minimum absolute atomic E-state index is 0.133. The maximum atomic E-state index is 12.2. The van der Waals surface area contributed by atoms with E-state index >= 15 is 0 Å². The lowest BCUT2D eigenvalue weighted by Gasteiger charge is -2.00. The largest absolute Gasteiger partial charge is 0.288 e. The average molecular weight is 342 g/mol. The first-order valence-electron chi connectivity index (χ1n) is 4.95. The van der Waals surface area contributed by atoms with Crippen LogP contribution in [0.4, 0.5) is 0 Å². The molecule has 0 amide bonds. The Morgan fingerprint density at radius 1 is 1.25 bits per heavy atom. The van der Waals surface area contributed by atoms with Crippen molar-refractivity contribution in [2.24, 2.45) is 0 Å². The monoisotopic (exact) mass is 342 g/mol. The Kier molecular flexibility index (Phi) is 3.44. The molecule has 0 aliphatic carbocycles. The third-order valence-corrected chi connectivity index (χ3v) is 4.16. The molecule has 0 bridgehead atoms. The molecule has 82 valence electrons. The van der Waals surface area contributed by atoms with E-state index < -0.39 is 0 Å². The summed E-state index contributed by atoms with van der Waals surface area (Å²) in [4.78, 5) is 14.3. The van der Waals surface area contributed by atoms with Gasteiger partial charge in [-0.2, -0.15) is 0 Å². The molecule has 0 radical (unpaired) electrons. The number of benzene rings is 1. The van der Waals surface area contributed by atoms with Gasteiger partial charge < -0.3 is 0 Å². The van der Waals surface area contributed by atoms with Gasteiger partial charge in [0.2, 0.25) is 5.78 Å². The van der Waals surface area contributed by atoms with Crippen LogP contribution in [0.15, 0.2) is 30.3 Å². The first kappa shape index (κ1) is 11.8. The Bertz CT molecular complexity index is 543. The van der Waals surface area contributed by atoms with Gasteiger partial charge in [-0.15, -0.1) is 11.3 Å². The molecule has 1 aromatic heterocycles. The van der Waals surface area contributed by atoms with E-state index in [2.05, 4.69) is 28.7 Å². The molecule has 0 atom stereocenters. The van der Waals surface area contributed by atoms with Gasteiger partial charge in [0.25, 0.3) is 0 Å². The predicted octanol–water partition coefficient (Wildman–Crippen LogP) is 4.20. The second-order valence-corrected chi connectivity index (χ2v) is 6.21. The SMILES string of the molecule is Cc1cc(C)c(C(=O)c2cccc(I)c2)s1. The number of ketones is 1. The van der Waals surface area contributed by atoms with Crippen LogP contribution in [-0.2, 0) is 0 Å². The topological polar surface area (TPSA) is 17.1 Å². The maximum Gasteiger partial charge on any atom is 0.203 e. The van der Waals surface area contributed by atoms with Gasteiger partial charge in [-0.05, 0) is 60.2 Å². The number of rotatable bonds is 2. The Hall–Kier alpha value is -0.680. The smallest absolute Gasteiger partial charge is 0.203 e. The van der Waals surface area contributed by atoms with Crippen molar-refractivity contribution in [3.8, 4) is 0 Å². The molecule has 1 aromatic carbocycles. The fourth-order valence-electron chi connectivity index (χ4n) is 1.63.